The minimum absolute atomic E-state index is 0.0359. The first kappa shape index (κ1) is 54.5. The summed E-state index contributed by atoms with van der Waals surface area (Å²) < 4.78 is 2.64. The molecule has 2 atom stereocenters. The van der Waals surface area contributed by atoms with E-state index in [1.165, 1.54) is 49.6 Å². The zero-order chi connectivity index (χ0) is 56.5. The molecule has 414 valence electrons. The van der Waals surface area contributed by atoms with Crippen molar-refractivity contribution in [3.8, 4) is 17.1 Å². The second-order valence-corrected chi connectivity index (χ2v) is 22.9. The number of azo groups is 1. The first-order valence-electron chi connectivity index (χ1n) is 28.8. The highest BCUT2D eigenvalue weighted by Gasteiger charge is 2.41. The molecule has 0 radical (unpaired) electrons. The van der Waals surface area contributed by atoms with Gasteiger partial charge in [-0.2, -0.15) is 5.11 Å². The summed E-state index contributed by atoms with van der Waals surface area (Å²) in [5, 5.41) is 44.1. The molecule has 6 aromatic carbocycles. The average Bonchev–Trinajstić information content (AvgIpc) is 2.27. The number of aryl methyl sites for hydroxylation is 2. The third kappa shape index (κ3) is 11.0. The number of aromatic nitrogens is 4. The van der Waals surface area contributed by atoms with Gasteiger partial charge in [-0.05, 0) is 169 Å². The zero-order valence-electron chi connectivity index (χ0n) is 47.6. The van der Waals surface area contributed by atoms with E-state index in [4.69, 9.17) is 0 Å². The van der Waals surface area contributed by atoms with Crippen LogP contribution in [-0.2, 0) is 36.0 Å². The number of hydrogen-bond acceptors (Lipinski definition) is 11. The molecular weight excluding hydrogens is 1010 g/mol. The molecule has 15 nitrogen and oxygen atoms in total. The standard InChI is InChI=1S/C66H71N11O4/c1-8-77-41(3)34-40(2)52-37-53-55(38-57(52)77)66(5,6)61-51-17-12-33-76-32-11-14-47(62(51)76)36-54(61)60(53)49-15-9-10-16-50(49)65(81)75(7)31-13-18-59(79)67-30-29-43-21-28-56(58(78)35-43)72-71-48-26-24-46(25-27-48)64(80)68-39-44-19-22-45(23-20-44)63-73-69-42(4)70-74-63/h9-10,15-16,19-28,35-38,40-41H,8,11-14,17-18,29-34,39H2,1-7H3,(H2-,67,68,71,78,79,80)/p+1. The third-order valence-electron chi connectivity index (χ3n) is 17.0. The summed E-state index contributed by atoms with van der Waals surface area (Å²) >= 11 is 0. The van der Waals surface area contributed by atoms with Crippen molar-refractivity contribution in [2.24, 2.45) is 10.2 Å². The smallest absolute Gasteiger partial charge is 0.254 e. The maximum Gasteiger partial charge on any atom is 0.254 e. The fourth-order valence-corrected chi connectivity index (χ4v) is 13.0. The lowest BCUT2D eigenvalue weighted by Crippen LogP contribution is -2.49. The van der Waals surface area contributed by atoms with Crippen LogP contribution in [0.1, 0.15) is 149 Å². The number of anilines is 1. The number of phenolic OH excluding ortho intramolecular Hbond substituents is 1. The van der Waals surface area contributed by atoms with Crippen LogP contribution in [0.5, 0.6) is 5.75 Å². The van der Waals surface area contributed by atoms with Gasteiger partial charge >= 0.3 is 0 Å². The Balaban J connectivity index is 0.711. The molecule has 11 rings (SSSR count). The number of hydrogen-bond donors (Lipinski definition) is 3. The Bertz CT molecular complexity index is 3740. The maximum absolute atomic E-state index is 14.8. The Kier molecular flexibility index (Phi) is 15.4. The van der Waals surface area contributed by atoms with E-state index in [9.17, 15) is 19.5 Å². The lowest BCUT2D eigenvalue weighted by molar-refractivity contribution is -0.121. The van der Waals surface area contributed by atoms with E-state index in [1.807, 2.05) is 49.5 Å². The fourth-order valence-electron chi connectivity index (χ4n) is 13.0. The summed E-state index contributed by atoms with van der Waals surface area (Å²) in [7, 11) is 1.85. The minimum Gasteiger partial charge on any atom is -0.506 e. The number of fused-ring (bicyclic) bond motifs is 4. The van der Waals surface area contributed by atoms with Gasteiger partial charge < -0.3 is 25.5 Å². The zero-order valence-corrected chi connectivity index (χ0v) is 47.6. The molecule has 1 aromatic heterocycles. The lowest BCUT2D eigenvalue weighted by Gasteiger charge is -2.43. The molecule has 2 unspecified atom stereocenters. The monoisotopic (exact) mass is 1080 g/mol. The normalized spacial score (nSPS) is 16.8. The fraction of sp³-hybridized carbons (Fsp3) is 0.364. The van der Waals surface area contributed by atoms with E-state index in [-0.39, 0.29) is 35.3 Å². The van der Waals surface area contributed by atoms with Crippen LogP contribution in [0.25, 0.3) is 17.0 Å². The van der Waals surface area contributed by atoms with Gasteiger partial charge in [0.15, 0.2) is 5.82 Å². The van der Waals surface area contributed by atoms with Crippen molar-refractivity contribution in [3.05, 3.63) is 187 Å². The van der Waals surface area contributed by atoms with Gasteiger partial charge in [0.2, 0.25) is 17.1 Å². The van der Waals surface area contributed by atoms with Crippen LogP contribution in [-0.4, -0.2) is 93.9 Å². The van der Waals surface area contributed by atoms with Crippen LogP contribution < -0.4 is 30.7 Å². The summed E-state index contributed by atoms with van der Waals surface area (Å²) in [6, 6.07) is 35.5. The van der Waals surface area contributed by atoms with E-state index in [2.05, 4.69) is 116 Å². The van der Waals surface area contributed by atoms with Gasteiger partial charge in [0.05, 0.1) is 5.69 Å². The highest BCUT2D eigenvalue weighted by Crippen LogP contribution is 2.48. The molecule has 15 heteroatoms. The summed E-state index contributed by atoms with van der Waals surface area (Å²) in [6.45, 7) is 17.9. The van der Waals surface area contributed by atoms with Crippen LogP contribution in [0.2, 0.25) is 0 Å². The SMILES string of the molecule is CCN1c2cc3c(cc2C(C)CC1C)C(c1ccccc1C(=O)N(C)CCCC(=O)NCCc1ccc(N=Nc2ccc(C(=O)NCc4ccc(-c5nnc(C)nn5)cc4)cc2)c(O)c1)=c1cc2c4c(c1C3(C)C)CCC[N+]=4CCC2. The quantitative estimate of drug-likeness (QED) is 0.0627. The molecule has 0 bridgehead atoms. The molecule has 4 aliphatic rings. The highest BCUT2D eigenvalue weighted by atomic mass is 16.3. The number of amides is 3. The van der Waals surface area contributed by atoms with Gasteiger partial charge in [-0.25, -0.2) is 4.58 Å². The van der Waals surface area contributed by atoms with Crippen LogP contribution in [0.4, 0.5) is 17.1 Å². The molecule has 3 amide bonds. The molecule has 3 N–H and O–H groups in total. The van der Waals surface area contributed by atoms with E-state index in [1.54, 1.807) is 48.2 Å². The van der Waals surface area contributed by atoms with Crippen molar-refractivity contribution in [2.45, 2.75) is 117 Å². The van der Waals surface area contributed by atoms with Gasteiger partial charge in [-0.3, -0.25) is 14.4 Å². The van der Waals surface area contributed by atoms with Crippen molar-refractivity contribution >= 4 is 40.4 Å². The molecular formula is C66H72N11O4+. The molecule has 3 aliphatic heterocycles. The Morgan fingerprint density at radius 1 is 0.840 bits per heavy atom. The van der Waals surface area contributed by atoms with Crippen molar-refractivity contribution in [2.75, 3.05) is 44.7 Å². The number of benzene rings is 6. The number of carbonyl (C=O) groups is 3. The van der Waals surface area contributed by atoms with E-state index in [0.717, 1.165) is 79.6 Å². The maximum atomic E-state index is 14.8. The van der Waals surface area contributed by atoms with Crippen molar-refractivity contribution in [1.29, 1.82) is 0 Å². The van der Waals surface area contributed by atoms with Crippen molar-refractivity contribution < 1.29 is 19.5 Å². The molecule has 0 saturated carbocycles. The molecule has 0 fully saturated rings. The van der Waals surface area contributed by atoms with Crippen molar-refractivity contribution in [1.82, 2.24) is 40.5 Å². The first-order chi connectivity index (χ1) is 39.2. The van der Waals surface area contributed by atoms with E-state index in [0.29, 0.717) is 78.6 Å². The number of nitrogens with zero attached hydrogens (tertiary/aromatic N) is 9. The van der Waals surface area contributed by atoms with Crippen LogP contribution in [0.3, 0.4) is 0 Å². The Hall–Kier alpha value is -8.46. The topological polar surface area (TPSA) is 181 Å². The molecule has 0 spiro atoms. The molecule has 4 heterocycles. The number of carbonyl (C=O) groups excluding carboxylic acids is 3. The summed E-state index contributed by atoms with van der Waals surface area (Å²) in [5.41, 5.74) is 16.0. The average molecular weight is 1080 g/mol. The van der Waals surface area contributed by atoms with Crippen LogP contribution in [0, 0.1) is 6.92 Å². The Labute approximate surface area is 474 Å². The second-order valence-electron chi connectivity index (χ2n) is 22.9. The van der Waals surface area contributed by atoms with Gasteiger partial charge in [-0.15, -0.1) is 25.5 Å². The predicted molar refractivity (Wildman–Crippen MR) is 316 cm³/mol. The Morgan fingerprint density at radius 3 is 2.33 bits per heavy atom. The summed E-state index contributed by atoms with van der Waals surface area (Å²) in [4.78, 5) is 45.3. The summed E-state index contributed by atoms with van der Waals surface area (Å²) in [6.07, 6.45) is 6.78. The van der Waals surface area contributed by atoms with Gasteiger partial charge in [0.25, 0.3) is 11.8 Å². The number of rotatable bonds is 16. The minimum atomic E-state index is -0.262. The van der Waals surface area contributed by atoms with E-state index < -0.39 is 0 Å². The predicted octanol–water partition coefficient (Wildman–Crippen LogP) is 9.50. The largest absolute Gasteiger partial charge is 0.506 e. The number of aromatic hydroxyl groups is 1. The first-order valence-corrected chi connectivity index (χ1v) is 28.8. The second kappa shape index (κ2) is 23.0. The Morgan fingerprint density at radius 2 is 1.58 bits per heavy atom. The number of phenols is 1. The molecule has 7 aromatic rings. The van der Waals surface area contributed by atoms with Crippen LogP contribution >= 0.6 is 0 Å². The van der Waals surface area contributed by atoms with Gasteiger partial charge in [0.1, 0.15) is 24.5 Å². The lowest BCUT2D eigenvalue weighted by atomic mass is 9.65. The summed E-state index contributed by atoms with van der Waals surface area (Å²) in [5.74, 6) is 0.903. The van der Waals surface area contributed by atoms with E-state index >= 15 is 0 Å². The number of nitrogens with one attached hydrogen (secondary N) is 2. The third-order valence-corrected chi connectivity index (χ3v) is 17.0. The molecule has 81 heavy (non-hydrogen) atoms. The molecule has 0 saturated heterocycles. The van der Waals surface area contributed by atoms with Crippen LogP contribution in [0.15, 0.2) is 119 Å². The molecule has 1 aliphatic carbocycles. The highest BCUT2D eigenvalue weighted by molar-refractivity contribution is 6.02. The van der Waals surface area contributed by atoms with Crippen molar-refractivity contribution in [3.63, 3.8) is 0 Å². The van der Waals surface area contributed by atoms with Gasteiger partial charge in [-0.1, -0.05) is 69.3 Å². The van der Waals surface area contributed by atoms with Gasteiger partial charge in [0, 0.05) is 97.5 Å².